The monoisotopic (exact) mass is 290 g/mol. The molecule has 0 atom stereocenters. The van der Waals surface area contributed by atoms with Gasteiger partial charge >= 0.3 is 0 Å². The van der Waals surface area contributed by atoms with Crippen LogP contribution in [-0.2, 0) is 11.3 Å². The Morgan fingerprint density at radius 1 is 1.24 bits per heavy atom. The number of furan rings is 1. The summed E-state index contributed by atoms with van der Waals surface area (Å²) in [6.07, 6.45) is 4.78. The van der Waals surface area contributed by atoms with Gasteiger partial charge in [0, 0.05) is 13.1 Å². The molecule has 4 heteroatoms. The van der Waals surface area contributed by atoms with Crippen LogP contribution in [0.15, 0.2) is 22.8 Å². The van der Waals surface area contributed by atoms with Crippen molar-refractivity contribution < 1.29 is 9.21 Å². The second-order valence-corrected chi connectivity index (χ2v) is 7.03. The fourth-order valence-electron chi connectivity index (χ4n) is 3.73. The predicted molar refractivity (Wildman–Crippen MR) is 81.7 cm³/mol. The summed E-state index contributed by atoms with van der Waals surface area (Å²) < 4.78 is 5.42. The summed E-state index contributed by atoms with van der Waals surface area (Å²) in [5.74, 6) is 1.99. The molecule has 3 heterocycles. The first-order valence-corrected chi connectivity index (χ1v) is 8.13. The van der Waals surface area contributed by atoms with Gasteiger partial charge in [0.2, 0.25) is 5.91 Å². The van der Waals surface area contributed by atoms with Crippen molar-refractivity contribution in [3.63, 3.8) is 0 Å². The minimum Gasteiger partial charge on any atom is -0.468 e. The van der Waals surface area contributed by atoms with E-state index < -0.39 is 0 Å². The zero-order valence-corrected chi connectivity index (χ0v) is 13.2. The third kappa shape index (κ3) is 3.00. The first-order chi connectivity index (χ1) is 10.1. The average molecular weight is 290 g/mol. The maximum atomic E-state index is 12.7. The summed E-state index contributed by atoms with van der Waals surface area (Å²) >= 11 is 0. The second kappa shape index (κ2) is 5.84. The molecule has 0 aliphatic carbocycles. The number of carbonyl (C=O) groups is 1. The average Bonchev–Trinajstić information content (AvgIpc) is 3.05. The third-order valence-electron chi connectivity index (χ3n) is 4.96. The molecule has 0 saturated carbocycles. The fourth-order valence-corrected chi connectivity index (χ4v) is 3.73. The van der Waals surface area contributed by atoms with E-state index in [-0.39, 0.29) is 5.41 Å². The summed E-state index contributed by atoms with van der Waals surface area (Å²) in [5, 5.41) is 0. The zero-order chi connectivity index (χ0) is 14.9. The Hall–Kier alpha value is -1.29. The minimum absolute atomic E-state index is 0.0610. The summed E-state index contributed by atoms with van der Waals surface area (Å²) in [6, 6.07) is 3.96. The molecule has 0 N–H and O–H groups in total. The van der Waals surface area contributed by atoms with Gasteiger partial charge in [0.25, 0.3) is 0 Å². The second-order valence-electron chi connectivity index (χ2n) is 7.03. The number of piperidine rings is 1. The van der Waals surface area contributed by atoms with Crippen molar-refractivity contribution >= 4 is 5.91 Å². The van der Waals surface area contributed by atoms with Gasteiger partial charge in [0.15, 0.2) is 0 Å². The van der Waals surface area contributed by atoms with Gasteiger partial charge in [-0.2, -0.15) is 0 Å². The van der Waals surface area contributed by atoms with Crippen molar-refractivity contribution in [3.8, 4) is 0 Å². The highest BCUT2D eigenvalue weighted by Crippen LogP contribution is 2.41. The normalized spacial score (nSPS) is 22.6. The molecular formula is C17H26N2O2. The van der Waals surface area contributed by atoms with Crippen LogP contribution in [0.25, 0.3) is 0 Å². The van der Waals surface area contributed by atoms with Crippen LogP contribution in [-0.4, -0.2) is 41.9 Å². The first kappa shape index (κ1) is 14.6. The van der Waals surface area contributed by atoms with Gasteiger partial charge in [-0.05, 0) is 50.4 Å². The Kier molecular flexibility index (Phi) is 4.07. The zero-order valence-electron chi connectivity index (χ0n) is 13.2. The minimum atomic E-state index is -0.0610. The van der Waals surface area contributed by atoms with Crippen molar-refractivity contribution in [3.05, 3.63) is 24.2 Å². The summed E-state index contributed by atoms with van der Waals surface area (Å²) in [7, 11) is 0. The number of nitrogens with zero attached hydrogens (tertiary/aromatic N) is 2. The molecule has 2 saturated heterocycles. The van der Waals surface area contributed by atoms with E-state index in [0.717, 1.165) is 57.7 Å². The summed E-state index contributed by atoms with van der Waals surface area (Å²) in [5.41, 5.74) is -0.0610. The lowest BCUT2D eigenvalue weighted by Gasteiger charge is -2.37. The molecule has 3 rings (SSSR count). The highest BCUT2D eigenvalue weighted by Gasteiger charge is 2.47. The molecule has 1 aromatic heterocycles. The van der Waals surface area contributed by atoms with E-state index in [1.54, 1.807) is 6.26 Å². The lowest BCUT2D eigenvalue weighted by atomic mass is 9.77. The molecule has 4 nitrogen and oxygen atoms in total. The topological polar surface area (TPSA) is 36.7 Å². The van der Waals surface area contributed by atoms with Gasteiger partial charge < -0.3 is 9.32 Å². The van der Waals surface area contributed by atoms with Crippen LogP contribution in [0.2, 0.25) is 0 Å². The predicted octanol–water partition coefficient (Wildman–Crippen LogP) is 2.75. The SMILES string of the molecule is CC(C)CN1CCC2(CCN(Cc3ccco3)CC2)C1=O. The Labute approximate surface area is 127 Å². The lowest BCUT2D eigenvalue weighted by Crippen LogP contribution is -2.44. The molecule has 1 aromatic rings. The van der Waals surface area contributed by atoms with Gasteiger partial charge in [-0.15, -0.1) is 0 Å². The molecule has 0 bridgehead atoms. The molecule has 0 unspecified atom stereocenters. The quantitative estimate of drug-likeness (QED) is 0.855. The fraction of sp³-hybridized carbons (Fsp3) is 0.706. The van der Waals surface area contributed by atoms with E-state index >= 15 is 0 Å². The van der Waals surface area contributed by atoms with Crippen molar-refractivity contribution in [2.24, 2.45) is 11.3 Å². The lowest BCUT2D eigenvalue weighted by molar-refractivity contribution is -0.138. The first-order valence-electron chi connectivity index (χ1n) is 8.13. The Bertz CT molecular complexity index is 473. The van der Waals surface area contributed by atoms with E-state index in [9.17, 15) is 4.79 Å². The van der Waals surface area contributed by atoms with Gasteiger partial charge in [-0.3, -0.25) is 9.69 Å². The molecule has 2 aliphatic heterocycles. The highest BCUT2D eigenvalue weighted by atomic mass is 16.3. The van der Waals surface area contributed by atoms with Crippen LogP contribution >= 0.6 is 0 Å². The molecule has 116 valence electrons. The molecule has 2 fully saturated rings. The molecular weight excluding hydrogens is 264 g/mol. The Morgan fingerprint density at radius 3 is 2.57 bits per heavy atom. The van der Waals surface area contributed by atoms with Gasteiger partial charge in [-0.1, -0.05) is 13.8 Å². The number of amides is 1. The molecule has 0 radical (unpaired) electrons. The molecule has 2 aliphatic rings. The maximum Gasteiger partial charge on any atom is 0.228 e. The number of hydrogen-bond donors (Lipinski definition) is 0. The number of likely N-dealkylation sites (tertiary alicyclic amines) is 2. The molecule has 1 amide bonds. The van der Waals surface area contributed by atoms with E-state index in [4.69, 9.17) is 4.42 Å². The Morgan fingerprint density at radius 2 is 1.95 bits per heavy atom. The third-order valence-corrected chi connectivity index (χ3v) is 4.96. The van der Waals surface area contributed by atoms with Crippen LogP contribution in [0, 0.1) is 11.3 Å². The smallest absolute Gasteiger partial charge is 0.228 e. The van der Waals surface area contributed by atoms with Crippen molar-refractivity contribution in [1.29, 1.82) is 0 Å². The van der Waals surface area contributed by atoms with Crippen molar-refractivity contribution in [2.75, 3.05) is 26.2 Å². The van der Waals surface area contributed by atoms with Crippen LogP contribution in [0.4, 0.5) is 0 Å². The number of rotatable bonds is 4. The standard InChI is InChI=1S/C17H26N2O2/c1-14(2)12-19-10-7-17(16(19)20)5-8-18(9-6-17)13-15-4-3-11-21-15/h3-4,11,14H,5-10,12-13H2,1-2H3. The van der Waals surface area contributed by atoms with E-state index in [0.29, 0.717) is 11.8 Å². The van der Waals surface area contributed by atoms with Gasteiger partial charge in [-0.25, -0.2) is 0 Å². The van der Waals surface area contributed by atoms with E-state index in [1.165, 1.54) is 0 Å². The summed E-state index contributed by atoms with van der Waals surface area (Å²) in [6.45, 7) is 9.11. The highest BCUT2D eigenvalue weighted by molar-refractivity contribution is 5.85. The van der Waals surface area contributed by atoms with Crippen LogP contribution in [0.3, 0.4) is 0 Å². The molecule has 1 spiro atoms. The van der Waals surface area contributed by atoms with Crippen molar-refractivity contribution in [1.82, 2.24) is 9.80 Å². The van der Waals surface area contributed by atoms with Crippen molar-refractivity contribution in [2.45, 2.75) is 39.7 Å². The largest absolute Gasteiger partial charge is 0.468 e. The van der Waals surface area contributed by atoms with E-state index in [1.807, 2.05) is 12.1 Å². The maximum absolute atomic E-state index is 12.7. The Balaban J connectivity index is 1.56. The number of hydrogen-bond acceptors (Lipinski definition) is 3. The van der Waals surface area contributed by atoms with Gasteiger partial charge in [0.05, 0.1) is 18.2 Å². The van der Waals surface area contributed by atoms with E-state index in [2.05, 4.69) is 23.6 Å². The number of carbonyl (C=O) groups excluding carboxylic acids is 1. The van der Waals surface area contributed by atoms with Gasteiger partial charge in [0.1, 0.15) is 5.76 Å². The summed E-state index contributed by atoms with van der Waals surface area (Å²) in [4.78, 5) is 17.2. The molecule has 21 heavy (non-hydrogen) atoms. The molecule has 0 aromatic carbocycles. The van der Waals surface area contributed by atoms with Crippen LogP contribution < -0.4 is 0 Å². The van der Waals surface area contributed by atoms with Crippen LogP contribution in [0.5, 0.6) is 0 Å². The van der Waals surface area contributed by atoms with Crippen LogP contribution in [0.1, 0.15) is 38.9 Å².